The Balaban J connectivity index is 2.02. The fraction of sp³-hybridized carbons (Fsp3) is 0.545. The molecule has 0 heterocycles. The predicted octanol–water partition coefficient (Wildman–Crippen LogP) is 5.87. The number of nitrogens with one attached hydrogen (secondary N) is 2. The van der Waals surface area contributed by atoms with Crippen molar-refractivity contribution in [1.29, 1.82) is 0 Å². The van der Waals surface area contributed by atoms with Crippen LogP contribution in [0.15, 0.2) is 42.5 Å². The summed E-state index contributed by atoms with van der Waals surface area (Å²) < 4.78 is 5.50. The molecule has 2 atom stereocenters. The summed E-state index contributed by atoms with van der Waals surface area (Å²) in [5, 5.41) is 15.8. The zero-order chi connectivity index (χ0) is 30.2. The van der Waals surface area contributed by atoms with Gasteiger partial charge in [-0.05, 0) is 77.1 Å². The third kappa shape index (κ3) is 9.80. The molecular weight excluding hydrogens is 518 g/mol. The number of ether oxygens (including phenoxy) is 1. The Morgan fingerprint density at radius 1 is 1.00 bits per heavy atom. The van der Waals surface area contributed by atoms with Gasteiger partial charge in [0.1, 0.15) is 23.4 Å². The molecule has 8 heteroatoms. The molecule has 0 aliphatic heterocycles. The summed E-state index contributed by atoms with van der Waals surface area (Å²) in [6, 6.07) is 10.7. The van der Waals surface area contributed by atoms with Crippen LogP contribution in [0, 0.1) is 13.8 Å². The number of aryl methyl sites for hydroxylation is 2. The number of carbonyl (C=O) groups is 3. The lowest BCUT2D eigenvalue weighted by Gasteiger charge is -2.36. The van der Waals surface area contributed by atoms with Crippen LogP contribution in [0.3, 0.4) is 0 Å². The average Bonchev–Trinajstić information content (AvgIpc) is 2.88. The minimum atomic E-state index is -0.989. The molecule has 0 aromatic heterocycles. The largest absolute Gasteiger partial charge is 0.508 e. The molecule has 0 saturated heterocycles. The first-order valence-corrected chi connectivity index (χ1v) is 14.8. The number of alkyl carbamates (subject to hydrolysis) is 1. The average molecular weight is 566 g/mol. The fourth-order valence-corrected chi connectivity index (χ4v) is 5.49. The minimum Gasteiger partial charge on any atom is -0.508 e. The van der Waals surface area contributed by atoms with Crippen molar-refractivity contribution in [3.63, 3.8) is 0 Å². The van der Waals surface area contributed by atoms with Crippen molar-refractivity contribution in [1.82, 2.24) is 15.5 Å². The molecule has 3 rings (SSSR count). The number of hydrogen-bond donors (Lipinski definition) is 3. The van der Waals surface area contributed by atoms with E-state index in [1.54, 1.807) is 49.9 Å². The number of phenols is 1. The van der Waals surface area contributed by atoms with Crippen LogP contribution in [0.5, 0.6) is 5.75 Å². The van der Waals surface area contributed by atoms with Gasteiger partial charge in [0.05, 0.1) is 0 Å². The van der Waals surface area contributed by atoms with Gasteiger partial charge in [-0.1, -0.05) is 67.6 Å². The van der Waals surface area contributed by atoms with Crippen molar-refractivity contribution in [2.75, 3.05) is 6.54 Å². The molecule has 1 fully saturated rings. The van der Waals surface area contributed by atoms with Crippen LogP contribution in [0.2, 0.25) is 0 Å². The summed E-state index contributed by atoms with van der Waals surface area (Å²) in [4.78, 5) is 43.0. The van der Waals surface area contributed by atoms with Crippen LogP contribution >= 0.6 is 0 Å². The van der Waals surface area contributed by atoms with E-state index >= 15 is 0 Å². The number of nitrogens with zero attached hydrogens (tertiary/aromatic N) is 1. The number of hydrogen-bond acceptors (Lipinski definition) is 5. The molecule has 1 aliphatic carbocycles. The number of benzene rings is 2. The van der Waals surface area contributed by atoms with Crippen LogP contribution in [0.25, 0.3) is 0 Å². The zero-order valence-corrected chi connectivity index (χ0v) is 25.5. The SMILES string of the molecule is CCCN(C(=O)C(Cc1ccc(O)cc1)NC(=O)OC(C)(C)C)C(C(=O)NC1CCCCC1)c1cc(C)cc(C)c1. The lowest BCUT2D eigenvalue weighted by atomic mass is 9.93. The summed E-state index contributed by atoms with van der Waals surface area (Å²) in [7, 11) is 0. The molecule has 41 heavy (non-hydrogen) atoms. The van der Waals surface area contributed by atoms with E-state index in [4.69, 9.17) is 4.74 Å². The van der Waals surface area contributed by atoms with Crippen LogP contribution in [0.4, 0.5) is 4.79 Å². The molecule has 8 nitrogen and oxygen atoms in total. The summed E-state index contributed by atoms with van der Waals surface area (Å²) in [5.74, 6) is -0.461. The Hall–Kier alpha value is -3.55. The zero-order valence-electron chi connectivity index (χ0n) is 25.5. The first-order chi connectivity index (χ1) is 19.4. The lowest BCUT2D eigenvalue weighted by molar-refractivity contribution is -0.142. The summed E-state index contributed by atoms with van der Waals surface area (Å²) in [6.45, 7) is 11.5. The van der Waals surface area contributed by atoms with Crippen LogP contribution < -0.4 is 10.6 Å². The first-order valence-electron chi connectivity index (χ1n) is 14.8. The number of aromatic hydroxyl groups is 1. The quantitative estimate of drug-likeness (QED) is 0.334. The fourth-order valence-electron chi connectivity index (χ4n) is 5.49. The van der Waals surface area contributed by atoms with Crippen molar-refractivity contribution >= 4 is 17.9 Å². The Labute approximate surface area is 244 Å². The molecule has 3 N–H and O–H groups in total. The van der Waals surface area contributed by atoms with E-state index in [9.17, 15) is 19.5 Å². The Morgan fingerprint density at radius 2 is 1.61 bits per heavy atom. The van der Waals surface area contributed by atoms with Gasteiger partial charge in [0, 0.05) is 19.0 Å². The number of carbonyl (C=O) groups excluding carboxylic acids is 3. The van der Waals surface area contributed by atoms with Gasteiger partial charge in [0.15, 0.2) is 0 Å². The van der Waals surface area contributed by atoms with Gasteiger partial charge >= 0.3 is 6.09 Å². The van der Waals surface area contributed by atoms with E-state index in [2.05, 4.69) is 10.6 Å². The molecule has 1 saturated carbocycles. The van der Waals surface area contributed by atoms with Crippen LogP contribution in [-0.4, -0.2) is 52.1 Å². The third-order valence-electron chi connectivity index (χ3n) is 7.18. The van der Waals surface area contributed by atoms with E-state index in [1.165, 1.54) is 6.42 Å². The first kappa shape index (κ1) is 32.0. The van der Waals surface area contributed by atoms with Gasteiger partial charge in [-0.3, -0.25) is 9.59 Å². The highest BCUT2D eigenvalue weighted by Gasteiger charge is 2.37. The second-order valence-electron chi connectivity index (χ2n) is 12.3. The highest BCUT2D eigenvalue weighted by molar-refractivity contribution is 5.92. The van der Waals surface area contributed by atoms with Crippen molar-refractivity contribution in [3.05, 3.63) is 64.7 Å². The van der Waals surface area contributed by atoms with E-state index in [1.807, 2.05) is 39.0 Å². The van der Waals surface area contributed by atoms with E-state index in [0.717, 1.165) is 47.9 Å². The van der Waals surface area contributed by atoms with Gasteiger partial charge in [-0.25, -0.2) is 4.79 Å². The summed E-state index contributed by atoms with van der Waals surface area (Å²) >= 11 is 0. The van der Waals surface area contributed by atoms with Gasteiger partial charge < -0.3 is 25.4 Å². The summed E-state index contributed by atoms with van der Waals surface area (Å²) in [5.41, 5.74) is 2.76. The molecule has 1 aliphatic rings. The van der Waals surface area contributed by atoms with Crippen LogP contribution in [-0.2, 0) is 20.7 Å². The van der Waals surface area contributed by atoms with Gasteiger partial charge in [0.2, 0.25) is 11.8 Å². The Morgan fingerprint density at radius 3 is 2.17 bits per heavy atom. The number of rotatable bonds is 10. The predicted molar refractivity (Wildman–Crippen MR) is 161 cm³/mol. The molecule has 2 aromatic rings. The maximum atomic E-state index is 14.4. The maximum Gasteiger partial charge on any atom is 0.408 e. The van der Waals surface area contributed by atoms with Gasteiger partial charge in [-0.2, -0.15) is 0 Å². The topological polar surface area (TPSA) is 108 Å². The monoisotopic (exact) mass is 565 g/mol. The van der Waals surface area contributed by atoms with E-state index in [0.29, 0.717) is 13.0 Å². The number of amides is 3. The normalized spacial score (nSPS) is 15.5. The second kappa shape index (κ2) is 14.4. The molecule has 3 amide bonds. The molecule has 224 valence electrons. The van der Waals surface area contributed by atoms with E-state index in [-0.39, 0.29) is 30.0 Å². The number of phenolic OH excluding ortho intramolecular Hbond substituents is 1. The second-order valence-corrected chi connectivity index (χ2v) is 12.3. The highest BCUT2D eigenvalue weighted by Crippen LogP contribution is 2.27. The van der Waals surface area contributed by atoms with Crippen molar-refractivity contribution in [2.45, 2.75) is 110 Å². The van der Waals surface area contributed by atoms with Crippen molar-refractivity contribution < 1.29 is 24.2 Å². The van der Waals surface area contributed by atoms with Crippen molar-refractivity contribution in [3.8, 4) is 5.75 Å². The Kier molecular flexibility index (Phi) is 11.2. The molecular formula is C33H47N3O5. The van der Waals surface area contributed by atoms with Crippen molar-refractivity contribution in [2.24, 2.45) is 0 Å². The van der Waals surface area contributed by atoms with Crippen LogP contribution in [0.1, 0.15) is 94.5 Å². The molecule has 2 aromatic carbocycles. The third-order valence-corrected chi connectivity index (χ3v) is 7.18. The molecule has 0 radical (unpaired) electrons. The molecule has 2 unspecified atom stereocenters. The van der Waals surface area contributed by atoms with Gasteiger partial charge in [-0.15, -0.1) is 0 Å². The maximum absolute atomic E-state index is 14.4. The molecule has 0 bridgehead atoms. The molecule has 0 spiro atoms. The van der Waals surface area contributed by atoms with E-state index < -0.39 is 23.8 Å². The van der Waals surface area contributed by atoms with Gasteiger partial charge in [0.25, 0.3) is 0 Å². The smallest absolute Gasteiger partial charge is 0.408 e. The summed E-state index contributed by atoms with van der Waals surface area (Å²) in [6.07, 6.45) is 5.26. The lowest BCUT2D eigenvalue weighted by Crippen LogP contribution is -2.54. The standard InChI is InChI=1S/C33H47N3O5/c1-7-17-36(29(25-19-22(2)18-23(3)20-25)30(38)34-26-11-9-8-10-12-26)31(39)28(35-32(40)41-33(4,5)6)21-24-13-15-27(37)16-14-24/h13-16,18-20,26,28-29,37H,7-12,17,21H2,1-6H3,(H,34,38)(H,35,40). The highest BCUT2D eigenvalue weighted by atomic mass is 16.6. The Bertz CT molecular complexity index is 1160. The minimum absolute atomic E-state index is 0.0796.